The molecule has 0 radical (unpaired) electrons. The van der Waals surface area contributed by atoms with E-state index in [1.165, 1.54) is 16.2 Å². The maximum Gasteiger partial charge on any atom is 0.319 e. The van der Waals surface area contributed by atoms with Crippen LogP contribution in [0.15, 0.2) is 54.2 Å². The van der Waals surface area contributed by atoms with Gasteiger partial charge in [-0.2, -0.15) is 15.2 Å². The average Bonchev–Trinajstić information content (AvgIpc) is 3.74. The van der Waals surface area contributed by atoms with Crippen LogP contribution in [0.1, 0.15) is 25.7 Å². The average molecular weight is 633 g/mol. The van der Waals surface area contributed by atoms with Crippen LogP contribution in [-0.2, 0) is 4.79 Å². The van der Waals surface area contributed by atoms with E-state index in [4.69, 9.17) is 9.72 Å². The number of amides is 1. The predicted octanol–water partition coefficient (Wildman–Crippen LogP) is 6.02. The zero-order chi connectivity index (χ0) is 31.3. The van der Waals surface area contributed by atoms with E-state index in [0.717, 1.165) is 35.0 Å². The Bertz CT molecular complexity index is 1860. The van der Waals surface area contributed by atoms with Crippen LogP contribution in [0.5, 0.6) is 6.01 Å². The number of aromatic nitrogens is 2. The molecule has 45 heavy (non-hydrogen) atoms. The van der Waals surface area contributed by atoms with Gasteiger partial charge >= 0.3 is 6.01 Å². The molecule has 3 aliphatic heterocycles. The molecule has 3 saturated heterocycles. The first-order valence-corrected chi connectivity index (χ1v) is 15.9. The van der Waals surface area contributed by atoms with Gasteiger partial charge in [0.15, 0.2) is 11.6 Å². The molecule has 8 nitrogen and oxygen atoms in total. The van der Waals surface area contributed by atoms with Crippen molar-refractivity contribution in [2.75, 3.05) is 44.2 Å². The number of nitriles is 1. The zero-order valence-electron chi connectivity index (χ0n) is 24.5. The number of anilines is 1. The van der Waals surface area contributed by atoms with E-state index in [9.17, 15) is 18.8 Å². The number of piperazine rings is 1. The Morgan fingerprint density at radius 2 is 2.02 bits per heavy atom. The van der Waals surface area contributed by atoms with Gasteiger partial charge in [0.2, 0.25) is 0 Å². The maximum atomic E-state index is 16.6. The van der Waals surface area contributed by atoms with E-state index in [0.29, 0.717) is 29.7 Å². The van der Waals surface area contributed by atoms with Crippen LogP contribution >= 0.6 is 11.3 Å². The molecule has 3 fully saturated rings. The minimum Gasteiger partial charge on any atom is -0.461 e. The first-order valence-electron chi connectivity index (χ1n) is 15.0. The summed E-state index contributed by atoms with van der Waals surface area (Å²) in [5.74, 6) is -2.08. The van der Waals surface area contributed by atoms with Crippen LogP contribution in [0.4, 0.5) is 19.0 Å². The fourth-order valence-electron chi connectivity index (χ4n) is 7.24. The quantitative estimate of drug-likeness (QED) is 0.231. The van der Waals surface area contributed by atoms with E-state index < -0.39 is 35.3 Å². The van der Waals surface area contributed by atoms with Crippen LogP contribution in [0.25, 0.3) is 32.1 Å². The first kappa shape index (κ1) is 29.5. The highest BCUT2D eigenvalue weighted by Gasteiger charge is 2.49. The van der Waals surface area contributed by atoms with Gasteiger partial charge in [-0.25, -0.2) is 13.2 Å². The number of nitrogens with zero attached hydrogens (tertiary/aromatic N) is 6. The Hall–Kier alpha value is -4.21. The third kappa shape index (κ3) is 5.17. The monoisotopic (exact) mass is 632 g/mol. The van der Waals surface area contributed by atoms with Crippen LogP contribution < -0.4 is 9.64 Å². The summed E-state index contributed by atoms with van der Waals surface area (Å²) in [7, 11) is 0. The Morgan fingerprint density at radius 1 is 1.16 bits per heavy atom. The summed E-state index contributed by atoms with van der Waals surface area (Å²) in [6.07, 6.45) is 1.14. The van der Waals surface area contributed by atoms with Crippen LogP contribution in [0.3, 0.4) is 0 Å². The summed E-state index contributed by atoms with van der Waals surface area (Å²) in [6.45, 7) is 5.01. The van der Waals surface area contributed by atoms with Gasteiger partial charge < -0.3 is 14.5 Å². The van der Waals surface area contributed by atoms with Gasteiger partial charge in [0.1, 0.15) is 24.1 Å². The summed E-state index contributed by atoms with van der Waals surface area (Å²) >= 11 is 1.53. The molecule has 3 atom stereocenters. The lowest BCUT2D eigenvalue weighted by Crippen LogP contribution is -2.55. The molecule has 0 N–H and O–H groups in total. The molecular weight excluding hydrogens is 601 g/mol. The second-order valence-electron chi connectivity index (χ2n) is 12.0. The van der Waals surface area contributed by atoms with E-state index in [1.54, 1.807) is 12.1 Å². The van der Waals surface area contributed by atoms with Crippen LogP contribution in [0.2, 0.25) is 0 Å². The summed E-state index contributed by atoms with van der Waals surface area (Å²) < 4.78 is 52.0. The lowest BCUT2D eigenvalue weighted by molar-refractivity contribution is -0.131. The normalized spacial score (nSPS) is 23.4. The van der Waals surface area contributed by atoms with Gasteiger partial charge in [-0.15, -0.1) is 11.3 Å². The molecule has 5 heterocycles. The highest BCUT2D eigenvalue weighted by molar-refractivity contribution is 7.17. The number of carbonyl (C=O) groups is 1. The first-order chi connectivity index (χ1) is 21.8. The molecule has 0 saturated carbocycles. The van der Waals surface area contributed by atoms with Gasteiger partial charge in [-0.3, -0.25) is 9.69 Å². The van der Waals surface area contributed by atoms with Crippen molar-refractivity contribution in [3.8, 4) is 23.2 Å². The van der Waals surface area contributed by atoms with Gasteiger partial charge in [0, 0.05) is 53.8 Å². The summed E-state index contributed by atoms with van der Waals surface area (Å²) in [4.78, 5) is 27.1. The van der Waals surface area contributed by atoms with E-state index >= 15 is 4.39 Å². The van der Waals surface area contributed by atoms with Crippen molar-refractivity contribution in [3.63, 3.8) is 0 Å². The SMILES string of the molecule is C=C(F)C(=O)N1CCN(c2nc(OCC34CCCN3C[C@H](F)C4)nc3c(F)c(-c4cccc5ccsc45)ccc23)C[C@@H]1CC#N. The molecule has 1 amide bonds. The predicted molar refractivity (Wildman–Crippen MR) is 167 cm³/mol. The molecule has 7 rings (SSSR count). The molecule has 12 heteroatoms. The molecule has 232 valence electrons. The smallest absolute Gasteiger partial charge is 0.319 e. The van der Waals surface area contributed by atoms with Crippen molar-refractivity contribution in [2.45, 2.75) is 43.4 Å². The van der Waals surface area contributed by atoms with Crippen LogP contribution in [0, 0.1) is 17.1 Å². The molecular formula is C33H31F3N6O2S. The molecule has 0 aliphatic carbocycles. The molecule has 0 spiro atoms. The van der Waals surface area contributed by atoms with E-state index in [1.807, 2.05) is 34.5 Å². The summed E-state index contributed by atoms with van der Waals surface area (Å²) in [6, 6.07) is 12.7. The van der Waals surface area contributed by atoms with E-state index in [-0.39, 0.29) is 44.2 Å². The Morgan fingerprint density at radius 3 is 2.84 bits per heavy atom. The van der Waals surface area contributed by atoms with Gasteiger partial charge in [-0.05, 0) is 42.3 Å². The number of halogens is 3. The molecule has 2 aromatic heterocycles. The van der Waals surface area contributed by atoms with Crippen LogP contribution in [-0.4, -0.2) is 82.8 Å². The minimum atomic E-state index is -1.09. The number of hydrogen-bond donors (Lipinski definition) is 0. The fourth-order valence-corrected chi connectivity index (χ4v) is 8.17. The number of hydrogen-bond acceptors (Lipinski definition) is 8. The third-order valence-electron chi connectivity index (χ3n) is 9.37. The highest BCUT2D eigenvalue weighted by atomic mass is 32.1. The minimum absolute atomic E-state index is 0.0288. The number of thiophene rings is 1. The number of benzene rings is 2. The summed E-state index contributed by atoms with van der Waals surface area (Å²) in [5.41, 5.74) is 0.759. The summed E-state index contributed by atoms with van der Waals surface area (Å²) in [5, 5.41) is 12.9. The lowest BCUT2D eigenvalue weighted by Gasteiger charge is -2.41. The third-order valence-corrected chi connectivity index (χ3v) is 10.3. The van der Waals surface area contributed by atoms with Crippen molar-refractivity contribution in [1.29, 1.82) is 5.26 Å². The molecule has 3 aliphatic rings. The number of rotatable bonds is 7. The van der Waals surface area contributed by atoms with Crippen molar-refractivity contribution in [1.82, 2.24) is 19.8 Å². The Labute approximate surface area is 262 Å². The van der Waals surface area contributed by atoms with E-state index in [2.05, 4.69) is 22.5 Å². The molecule has 0 bridgehead atoms. The lowest BCUT2D eigenvalue weighted by atomic mass is 9.95. The van der Waals surface area contributed by atoms with Crippen molar-refractivity contribution >= 4 is 44.1 Å². The standard InChI is InChI=1S/C33H31F3N6O2S/c1-20(34)31(43)42-14-13-40(18-23(42)8-11-37)30-26-7-6-24(25-5-2-4-21-9-15-45-29(21)25)27(36)28(26)38-32(39-30)44-19-33-10-3-12-41(33)17-22(35)16-33/h2,4-7,9,15,22-23H,1,3,8,10,12-14,16-19H2/t22-,23+,33?/m1/s1. The number of carbonyl (C=O) groups excluding carboxylic acids is 1. The van der Waals surface area contributed by atoms with Gasteiger partial charge in [-0.1, -0.05) is 30.8 Å². The van der Waals surface area contributed by atoms with Crippen molar-refractivity contribution in [3.05, 3.63) is 60.0 Å². The second-order valence-corrected chi connectivity index (χ2v) is 12.9. The maximum absolute atomic E-state index is 16.6. The zero-order valence-corrected chi connectivity index (χ0v) is 25.3. The highest BCUT2D eigenvalue weighted by Crippen LogP contribution is 2.41. The number of alkyl halides is 1. The van der Waals surface area contributed by atoms with Crippen molar-refractivity contribution in [2.24, 2.45) is 0 Å². The van der Waals surface area contributed by atoms with Crippen molar-refractivity contribution < 1.29 is 22.7 Å². The fraction of sp³-hybridized carbons (Fsp3) is 0.394. The second kappa shape index (κ2) is 11.6. The topological polar surface area (TPSA) is 85.6 Å². The number of ether oxygens (including phenoxy) is 1. The Kier molecular flexibility index (Phi) is 7.61. The molecule has 1 unspecified atom stereocenters. The number of fused-ring (bicyclic) bond motifs is 3. The van der Waals surface area contributed by atoms with Gasteiger partial charge in [0.25, 0.3) is 5.91 Å². The Balaban J connectivity index is 1.30. The van der Waals surface area contributed by atoms with Gasteiger partial charge in [0.05, 0.1) is 24.1 Å². The molecule has 4 aromatic rings. The molecule has 2 aromatic carbocycles. The largest absolute Gasteiger partial charge is 0.461 e.